The summed E-state index contributed by atoms with van der Waals surface area (Å²) in [4.78, 5) is 8.87. The lowest BCUT2D eigenvalue weighted by atomic mass is 10.0. The Labute approximate surface area is 92.6 Å². The second-order valence-corrected chi connectivity index (χ2v) is 3.96. The minimum atomic E-state index is 1.01. The number of fused-ring (bicyclic) bond motifs is 3. The van der Waals surface area contributed by atoms with Gasteiger partial charge in [-0.3, -0.25) is 9.97 Å². The summed E-state index contributed by atoms with van der Waals surface area (Å²) in [7, 11) is 0. The molecular weight excluding hydrogens is 196 g/mol. The summed E-state index contributed by atoms with van der Waals surface area (Å²) in [6, 6.07) is 12.7. The van der Waals surface area contributed by atoms with Crippen LogP contribution < -0.4 is 0 Å². The Kier molecular flexibility index (Phi) is 1.33. The van der Waals surface area contributed by atoms with Gasteiger partial charge >= 0.3 is 0 Å². The third-order valence-corrected chi connectivity index (χ3v) is 3.11. The van der Waals surface area contributed by atoms with Crippen LogP contribution in [0, 0.1) is 0 Å². The van der Waals surface area contributed by atoms with Crippen molar-refractivity contribution in [1.29, 1.82) is 0 Å². The highest BCUT2D eigenvalue weighted by Crippen LogP contribution is 2.44. The van der Waals surface area contributed by atoms with Crippen LogP contribution in [0.2, 0.25) is 0 Å². The molecule has 0 radical (unpaired) electrons. The monoisotopic (exact) mass is 204 g/mol. The Morgan fingerprint density at radius 1 is 0.688 bits per heavy atom. The molecule has 0 aliphatic heterocycles. The number of hydrogen-bond donors (Lipinski definition) is 0. The molecule has 0 atom stereocenters. The van der Waals surface area contributed by atoms with Gasteiger partial charge in [-0.15, -0.1) is 0 Å². The van der Waals surface area contributed by atoms with Crippen molar-refractivity contribution >= 4 is 10.8 Å². The average Bonchev–Trinajstić information content (AvgIpc) is 2.68. The number of nitrogens with zero attached hydrogens (tertiary/aromatic N) is 2. The molecule has 0 saturated heterocycles. The smallest absolute Gasteiger partial charge is 0.0971 e. The molecule has 4 rings (SSSR count). The highest BCUT2D eigenvalue weighted by molar-refractivity contribution is 6.13. The van der Waals surface area contributed by atoms with E-state index in [1.807, 2.05) is 0 Å². The Morgan fingerprint density at radius 2 is 1.25 bits per heavy atom. The van der Waals surface area contributed by atoms with Crippen LogP contribution in [0.4, 0.5) is 0 Å². The van der Waals surface area contributed by atoms with E-state index in [9.17, 15) is 0 Å². The largest absolute Gasteiger partial charge is 0.252 e. The molecular formula is C14H8N2. The lowest BCUT2D eigenvalue weighted by Gasteiger charge is -1.99. The molecule has 74 valence electrons. The van der Waals surface area contributed by atoms with Gasteiger partial charge in [-0.05, 0) is 5.39 Å². The van der Waals surface area contributed by atoms with E-state index in [2.05, 4.69) is 46.4 Å². The van der Waals surface area contributed by atoms with Crippen LogP contribution >= 0.6 is 0 Å². The lowest BCUT2D eigenvalue weighted by molar-refractivity contribution is 1.23. The van der Waals surface area contributed by atoms with Crippen LogP contribution in [-0.2, 0) is 0 Å². The van der Waals surface area contributed by atoms with Gasteiger partial charge in [-0.25, -0.2) is 0 Å². The molecule has 0 saturated carbocycles. The van der Waals surface area contributed by atoms with E-state index in [1.54, 1.807) is 12.4 Å². The van der Waals surface area contributed by atoms with Gasteiger partial charge in [0.05, 0.1) is 11.4 Å². The predicted molar refractivity (Wildman–Crippen MR) is 64.0 cm³/mol. The highest BCUT2D eigenvalue weighted by atomic mass is 14.8. The normalized spacial score (nSPS) is 11.8. The summed E-state index contributed by atoms with van der Waals surface area (Å²) in [6.45, 7) is 0. The van der Waals surface area contributed by atoms with Gasteiger partial charge in [-0.2, -0.15) is 0 Å². The molecule has 0 N–H and O–H groups in total. The molecule has 1 heterocycles. The van der Waals surface area contributed by atoms with Gasteiger partial charge in [0.15, 0.2) is 0 Å². The number of aromatic nitrogens is 2. The van der Waals surface area contributed by atoms with E-state index in [0.29, 0.717) is 0 Å². The van der Waals surface area contributed by atoms with Crippen molar-refractivity contribution in [3.05, 3.63) is 48.8 Å². The zero-order valence-corrected chi connectivity index (χ0v) is 8.51. The molecule has 2 nitrogen and oxygen atoms in total. The van der Waals surface area contributed by atoms with Crippen LogP contribution in [0.15, 0.2) is 48.8 Å². The SMILES string of the molecule is c1cc2c3c(cccc3c1)-c1nccnc1-2. The van der Waals surface area contributed by atoms with Crippen molar-refractivity contribution in [1.82, 2.24) is 9.97 Å². The fraction of sp³-hybridized carbons (Fsp3) is 0. The summed E-state index contributed by atoms with van der Waals surface area (Å²) in [5.74, 6) is 0. The zero-order valence-electron chi connectivity index (χ0n) is 8.51. The quantitative estimate of drug-likeness (QED) is 0.439. The van der Waals surface area contributed by atoms with Crippen LogP contribution in [-0.4, -0.2) is 9.97 Å². The van der Waals surface area contributed by atoms with Crippen LogP contribution in [0.5, 0.6) is 0 Å². The number of hydrogen-bond acceptors (Lipinski definition) is 2. The van der Waals surface area contributed by atoms with Crippen molar-refractivity contribution in [3.63, 3.8) is 0 Å². The summed E-state index contributed by atoms with van der Waals surface area (Å²) < 4.78 is 0. The molecule has 0 fully saturated rings. The van der Waals surface area contributed by atoms with E-state index >= 15 is 0 Å². The summed E-state index contributed by atoms with van der Waals surface area (Å²) in [5.41, 5.74) is 4.43. The van der Waals surface area contributed by atoms with E-state index in [4.69, 9.17) is 0 Å². The molecule has 2 aromatic carbocycles. The van der Waals surface area contributed by atoms with Crippen molar-refractivity contribution in [2.24, 2.45) is 0 Å². The Morgan fingerprint density at radius 3 is 1.81 bits per heavy atom. The minimum Gasteiger partial charge on any atom is -0.252 e. The zero-order chi connectivity index (χ0) is 10.5. The Hall–Kier alpha value is -2.22. The Balaban J connectivity index is 2.31. The highest BCUT2D eigenvalue weighted by Gasteiger charge is 2.22. The standard InChI is InChI=1S/C14H8N2/c1-3-9-4-2-6-11-12(9)10(5-1)13-14(11)16-8-7-15-13/h1-8H. The van der Waals surface area contributed by atoms with E-state index in [0.717, 1.165) is 11.4 Å². The average molecular weight is 204 g/mol. The first kappa shape index (κ1) is 7.99. The predicted octanol–water partition coefficient (Wildman–Crippen LogP) is 3.28. The van der Waals surface area contributed by atoms with Gasteiger partial charge in [-0.1, -0.05) is 36.4 Å². The number of rotatable bonds is 0. The first-order valence-corrected chi connectivity index (χ1v) is 5.28. The van der Waals surface area contributed by atoms with E-state index in [-0.39, 0.29) is 0 Å². The van der Waals surface area contributed by atoms with Crippen LogP contribution in [0.3, 0.4) is 0 Å². The van der Waals surface area contributed by atoms with Gasteiger partial charge in [0.2, 0.25) is 0 Å². The second-order valence-electron chi connectivity index (χ2n) is 3.96. The fourth-order valence-corrected chi connectivity index (χ4v) is 2.47. The van der Waals surface area contributed by atoms with E-state index in [1.165, 1.54) is 21.9 Å². The summed E-state index contributed by atoms with van der Waals surface area (Å²) in [6.07, 6.45) is 3.51. The third kappa shape index (κ3) is 0.823. The Bertz CT molecular complexity index is 659. The van der Waals surface area contributed by atoms with Crippen LogP contribution in [0.25, 0.3) is 33.3 Å². The maximum Gasteiger partial charge on any atom is 0.0971 e. The molecule has 1 aliphatic carbocycles. The number of benzene rings is 2. The van der Waals surface area contributed by atoms with Crippen molar-refractivity contribution in [3.8, 4) is 22.5 Å². The third-order valence-electron chi connectivity index (χ3n) is 3.11. The van der Waals surface area contributed by atoms with Gasteiger partial charge < -0.3 is 0 Å². The minimum absolute atomic E-state index is 1.01. The van der Waals surface area contributed by atoms with Gasteiger partial charge in [0.25, 0.3) is 0 Å². The molecule has 2 heteroatoms. The molecule has 0 bridgehead atoms. The van der Waals surface area contributed by atoms with Gasteiger partial charge in [0, 0.05) is 28.9 Å². The summed E-state index contributed by atoms with van der Waals surface area (Å²) >= 11 is 0. The summed E-state index contributed by atoms with van der Waals surface area (Å²) in [5, 5.41) is 2.54. The fourth-order valence-electron chi connectivity index (χ4n) is 2.47. The lowest BCUT2D eigenvalue weighted by Crippen LogP contribution is -1.84. The molecule has 0 unspecified atom stereocenters. The molecule has 0 spiro atoms. The molecule has 1 aliphatic rings. The first-order chi connectivity index (χ1) is 7.95. The topological polar surface area (TPSA) is 25.8 Å². The second kappa shape index (κ2) is 2.67. The molecule has 0 amide bonds. The van der Waals surface area contributed by atoms with Gasteiger partial charge in [0.1, 0.15) is 0 Å². The molecule has 3 aromatic rings. The van der Waals surface area contributed by atoms with Crippen molar-refractivity contribution < 1.29 is 0 Å². The van der Waals surface area contributed by atoms with Crippen LogP contribution in [0.1, 0.15) is 0 Å². The molecule has 16 heavy (non-hydrogen) atoms. The maximum absolute atomic E-state index is 4.44. The first-order valence-electron chi connectivity index (χ1n) is 5.28. The van der Waals surface area contributed by atoms with E-state index < -0.39 is 0 Å². The molecule has 1 aromatic heterocycles. The van der Waals surface area contributed by atoms with Crippen molar-refractivity contribution in [2.75, 3.05) is 0 Å². The maximum atomic E-state index is 4.44. The van der Waals surface area contributed by atoms with Crippen molar-refractivity contribution in [2.45, 2.75) is 0 Å².